The highest BCUT2D eigenvalue weighted by Crippen LogP contribution is 2.23. The predicted octanol–water partition coefficient (Wildman–Crippen LogP) is 2.02. The van der Waals surface area contributed by atoms with Gasteiger partial charge < -0.3 is 15.2 Å². The van der Waals surface area contributed by atoms with Crippen LogP contribution in [0.1, 0.15) is 47.9 Å². The molecule has 0 aliphatic rings. The zero-order valence-corrected chi connectivity index (χ0v) is 13.0. The molecular weight excluding hydrogens is 286 g/mol. The van der Waals surface area contributed by atoms with E-state index in [1.165, 1.54) is 18.2 Å². The Labute approximate surface area is 129 Å². The Bertz CT molecular complexity index is 566. The molecule has 0 saturated carbocycles. The van der Waals surface area contributed by atoms with Crippen LogP contribution < -0.4 is 5.32 Å². The van der Waals surface area contributed by atoms with Gasteiger partial charge in [0.15, 0.2) is 0 Å². The van der Waals surface area contributed by atoms with Crippen molar-refractivity contribution in [3.8, 4) is 0 Å². The first kappa shape index (κ1) is 17.8. The van der Waals surface area contributed by atoms with Crippen LogP contribution in [-0.2, 0) is 9.53 Å². The van der Waals surface area contributed by atoms with Gasteiger partial charge in [-0.25, -0.2) is 4.79 Å². The van der Waals surface area contributed by atoms with Gasteiger partial charge in [0.05, 0.1) is 12.2 Å². The number of carbonyl (C=O) groups is 3. The van der Waals surface area contributed by atoms with E-state index in [4.69, 9.17) is 9.84 Å². The highest BCUT2D eigenvalue weighted by molar-refractivity contribution is 5.98. The van der Waals surface area contributed by atoms with Crippen molar-refractivity contribution in [2.24, 2.45) is 5.41 Å². The van der Waals surface area contributed by atoms with Gasteiger partial charge in [0, 0.05) is 16.7 Å². The predicted molar refractivity (Wildman–Crippen MR) is 81.9 cm³/mol. The van der Waals surface area contributed by atoms with Crippen LogP contribution in [0.5, 0.6) is 0 Å². The van der Waals surface area contributed by atoms with E-state index in [0.29, 0.717) is 18.4 Å². The lowest BCUT2D eigenvalue weighted by Crippen LogP contribution is -2.30. The second kappa shape index (κ2) is 7.70. The van der Waals surface area contributed by atoms with Crippen LogP contribution in [0.25, 0.3) is 0 Å². The van der Waals surface area contributed by atoms with Crippen molar-refractivity contribution in [3.63, 3.8) is 0 Å². The molecule has 22 heavy (non-hydrogen) atoms. The van der Waals surface area contributed by atoms with Crippen molar-refractivity contribution in [1.82, 2.24) is 0 Å². The molecule has 0 aliphatic carbocycles. The summed E-state index contributed by atoms with van der Waals surface area (Å²) in [6, 6.07) is 4.29. The maximum atomic E-state index is 12.2. The average molecular weight is 307 g/mol. The van der Waals surface area contributed by atoms with Gasteiger partial charge in [0.2, 0.25) is 5.91 Å². The number of aliphatic hydroxyl groups is 1. The number of aliphatic hydroxyl groups excluding tert-OH is 1. The van der Waals surface area contributed by atoms with Crippen molar-refractivity contribution >= 4 is 23.9 Å². The smallest absolute Gasteiger partial charge is 0.338 e. The first-order valence-corrected chi connectivity index (χ1v) is 7.03. The van der Waals surface area contributed by atoms with Crippen LogP contribution in [0.15, 0.2) is 18.2 Å². The third-order valence-corrected chi connectivity index (χ3v) is 3.41. The average Bonchev–Trinajstić information content (AvgIpc) is 2.51. The van der Waals surface area contributed by atoms with E-state index in [0.717, 1.165) is 0 Å². The third-order valence-electron chi connectivity index (χ3n) is 3.41. The van der Waals surface area contributed by atoms with E-state index >= 15 is 0 Å². The van der Waals surface area contributed by atoms with Gasteiger partial charge in [0.1, 0.15) is 12.9 Å². The zero-order valence-electron chi connectivity index (χ0n) is 13.0. The van der Waals surface area contributed by atoms with E-state index in [-0.39, 0.29) is 30.2 Å². The van der Waals surface area contributed by atoms with Gasteiger partial charge in [-0.15, -0.1) is 0 Å². The zero-order chi connectivity index (χ0) is 16.8. The Morgan fingerprint density at radius 1 is 1.32 bits per heavy atom. The van der Waals surface area contributed by atoms with Crippen molar-refractivity contribution in [1.29, 1.82) is 0 Å². The summed E-state index contributed by atoms with van der Waals surface area (Å²) in [7, 11) is 0. The first-order chi connectivity index (χ1) is 10.3. The monoisotopic (exact) mass is 307 g/mol. The van der Waals surface area contributed by atoms with Gasteiger partial charge in [-0.1, -0.05) is 20.8 Å². The molecule has 1 aromatic carbocycles. The van der Waals surface area contributed by atoms with Crippen molar-refractivity contribution in [3.05, 3.63) is 29.3 Å². The Morgan fingerprint density at radius 2 is 2.00 bits per heavy atom. The summed E-state index contributed by atoms with van der Waals surface area (Å²) >= 11 is 0. The molecule has 0 saturated heterocycles. The quantitative estimate of drug-likeness (QED) is 0.594. The molecule has 0 radical (unpaired) electrons. The molecule has 0 heterocycles. The molecule has 0 spiro atoms. The molecule has 6 heteroatoms. The van der Waals surface area contributed by atoms with Crippen LogP contribution >= 0.6 is 0 Å². The van der Waals surface area contributed by atoms with Crippen molar-refractivity contribution < 1.29 is 24.2 Å². The fourth-order valence-corrected chi connectivity index (χ4v) is 1.59. The fraction of sp³-hybridized carbons (Fsp3) is 0.438. The summed E-state index contributed by atoms with van der Waals surface area (Å²) in [5, 5.41) is 11.4. The van der Waals surface area contributed by atoms with Gasteiger partial charge in [-0.05, 0) is 24.6 Å². The number of nitrogens with one attached hydrogen (secondary N) is 1. The number of carbonyl (C=O) groups excluding carboxylic acids is 3. The SMILES string of the molecule is CCC(C)(C)C(=O)Nc1cc(C=O)cc(C(=O)OCCO)c1. The summed E-state index contributed by atoms with van der Waals surface area (Å²) in [6.07, 6.45) is 1.24. The summed E-state index contributed by atoms with van der Waals surface area (Å²) in [5.74, 6) is -0.865. The number of ether oxygens (including phenoxy) is 1. The molecule has 1 amide bonds. The number of benzene rings is 1. The minimum absolute atomic E-state index is 0.130. The second-order valence-electron chi connectivity index (χ2n) is 5.51. The Kier molecular flexibility index (Phi) is 6.24. The Hall–Kier alpha value is -2.21. The largest absolute Gasteiger partial charge is 0.460 e. The van der Waals surface area contributed by atoms with E-state index in [1.54, 1.807) is 0 Å². The topological polar surface area (TPSA) is 92.7 Å². The fourth-order valence-electron chi connectivity index (χ4n) is 1.59. The molecule has 6 nitrogen and oxygen atoms in total. The molecule has 0 aromatic heterocycles. The van der Waals surface area contributed by atoms with Crippen molar-refractivity contribution in [2.75, 3.05) is 18.5 Å². The Morgan fingerprint density at radius 3 is 2.55 bits per heavy atom. The number of hydrogen-bond acceptors (Lipinski definition) is 5. The van der Waals surface area contributed by atoms with Gasteiger partial charge in [-0.3, -0.25) is 9.59 Å². The highest BCUT2D eigenvalue weighted by Gasteiger charge is 2.25. The van der Waals surface area contributed by atoms with Gasteiger partial charge in [0.25, 0.3) is 0 Å². The minimum atomic E-state index is -0.664. The number of anilines is 1. The summed E-state index contributed by atoms with van der Waals surface area (Å²) in [5.41, 5.74) is 0.187. The molecule has 0 aliphatic heterocycles. The van der Waals surface area contributed by atoms with Crippen molar-refractivity contribution in [2.45, 2.75) is 27.2 Å². The van der Waals surface area contributed by atoms with E-state index in [2.05, 4.69) is 5.32 Å². The van der Waals surface area contributed by atoms with Crippen LogP contribution in [-0.4, -0.2) is 36.5 Å². The number of aldehydes is 1. The lowest BCUT2D eigenvalue weighted by Gasteiger charge is -2.21. The molecule has 1 rings (SSSR count). The Balaban J connectivity index is 3.03. The highest BCUT2D eigenvalue weighted by atomic mass is 16.5. The number of amides is 1. The maximum Gasteiger partial charge on any atom is 0.338 e. The van der Waals surface area contributed by atoms with E-state index in [1.807, 2.05) is 20.8 Å². The molecule has 0 unspecified atom stereocenters. The summed E-state index contributed by atoms with van der Waals surface area (Å²) < 4.78 is 4.81. The number of hydrogen-bond donors (Lipinski definition) is 2. The normalized spacial score (nSPS) is 10.9. The van der Waals surface area contributed by atoms with Crippen LogP contribution in [0.4, 0.5) is 5.69 Å². The first-order valence-electron chi connectivity index (χ1n) is 7.03. The van der Waals surface area contributed by atoms with Crippen LogP contribution in [0, 0.1) is 5.41 Å². The molecular formula is C16H21NO5. The third kappa shape index (κ3) is 4.66. The van der Waals surface area contributed by atoms with Gasteiger partial charge in [-0.2, -0.15) is 0 Å². The number of esters is 1. The standard InChI is InChI=1S/C16H21NO5/c1-4-16(2,3)15(21)17-13-8-11(10-19)7-12(9-13)14(20)22-6-5-18/h7-10,18H,4-6H2,1-3H3,(H,17,21). The van der Waals surface area contributed by atoms with Gasteiger partial charge >= 0.3 is 5.97 Å². The minimum Gasteiger partial charge on any atom is -0.460 e. The lowest BCUT2D eigenvalue weighted by molar-refractivity contribution is -0.124. The molecule has 2 N–H and O–H groups in total. The summed E-state index contributed by atoms with van der Waals surface area (Å²) in [4.78, 5) is 35.0. The van der Waals surface area contributed by atoms with Crippen LogP contribution in [0.2, 0.25) is 0 Å². The lowest BCUT2D eigenvalue weighted by atomic mass is 9.89. The number of rotatable bonds is 7. The van der Waals surface area contributed by atoms with E-state index in [9.17, 15) is 14.4 Å². The van der Waals surface area contributed by atoms with Crippen LogP contribution in [0.3, 0.4) is 0 Å². The maximum absolute atomic E-state index is 12.2. The second-order valence-corrected chi connectivity index (χ2v) is 5.51. The molecule has 0 bridgehead atoms. The molecule has 0 atom stereocenters. The molecule has 120 valence electrons. The van der Waals surface area contributed by atoms with E-state index < -0.39 is 11.4 Å². The molecule has 0 fully saturated rings. The summed E-state index contributed by atoms with van der Waals surface area (Å²) in [6.45, 7) is 5.10. The molecule has 1 aromatic rings.